The molecule has 0 aromatic heterocycles. The van der Waals surface area contributed by atoms with Gasteiger partial charge in [0.25, 0.3) is 0 Å². The van der Waals surface area contributed by atoms with Gasteiger partial charge in [-0.2, -0.15) is 0 Å². The number of halogens is 2. The zero-order valence-electron chi connectivity index (χ0n) is 19.0. The second-order valence-electron chi connectivity index (χ2n) is 8.68. The van der Waals surface area contributed by atoms with E-state index in [9.17, 15) is 13.6 Å². The fourth-order valence-electron chi connectivity index (χ4n) is 4.22. The Morgan fingerprint density at radius 1 is 0.906 bits per heavy atom. The van der Waals surface area contributed by atoms with Crippen LogP contribution in [0.5, 0.6) is 5.75 Å². The van der Waals surface area contributed by atoms with Crippen molar-refractivity contribution in [1.29, 1.82) is 0 Å². The van der Waals surface area contributed by atoms with Crippen molar-refractivity contribution < 1.29 is 23.0 Å². The summed E-state index contributed by atoms with van der Waals surface area (Å²) >= 11 is 0. The van der Waals surface area contributed by atoms with Crippen molar-refractivity contribution in [2.75, 3.05) is 6.61 Å². The van der Waals surface area contributed by atoms with Crippen LogP contribution in [0.25, 0.3) is 11.1 Å². The molecule has 5 heteroatoms. The molecule has 0 bridgehead atoms. The third-order valence-corrected chi connectivity index (χ3v) is 6.17. The SMILES string of the molecule is CCCCCCCCOC1CCC(C(=O)Oc2ccc(-c3ccc(F)cc3)c(F)c2)CC1. The number of carbonyl (C=O) groups is 1. The molecule has 0 amide bonds. The number of benzene rings is 2. The number of carbonyl (C=O) groups excluding carboxylic acids is 1. The predicted octanol–water partition coefficient (Wildman–Crippen LogP) is 7.47. The number of ether oxygens (including phenoxy) is 2. The standard InChI is InChI=1S/C27H34F2O3/c1-2-3-4-5-6-7-18-31-23-14-10-21(11-15-23)27(30)32-24-16-17-25(26(29)19-24)20-8-12-22(28)13-9-20/h8-9,12-13,16-17,19,21,23H,2-7,10-11,14-15,18H2,1H3. The summed E-state index contributed by atoms with van der Waals surface area (Å²) in [5.41, 5.74) is 0.911. The van der Waals surface area contributed by atoms with Crippen molar-refractivity contribution in [1.82, 2.24) is 0 Å². The predicted molar refractivity (Wildman–Crippen MR) is 123 cm³/mol. The molecule has 2 aromatic carbocycles. The molecule has 0 atom stereocenters. The Labute approximate surface area is 190 Å². The van der Waals surface area contributed by atoms with Gasteiger partial charge < -0.3 is 9.47 Å². The van der Waals surface area contributed by atoms with Crippen LogP contribution >= 0.6 is 0 Å². The Morgan fingerprint density at radius 3 is 2.28 bits per heavy atom. The lowest BCUT2D eigenvalue weighted by Crippen LogP contribution is -2.29. The molecule has 0 aliphatic heterocycles. The maximum atomic E-state index is 14.5. The molecular formula is C27H34F2O3. The van der Waals surface area contributed by atoms with E-state index in [0.29, 0.717) is 11.1 Å². The number of esters is 1. The van der Waals surface area contributed by atoms with Gasteiger partial charge in [-0.25, -0.2) is 8.78 Å². The van der Waals surface area contributed by atoms with E-state index in [1.165, 1.54) is 62.4 Å². The fraction of sp³-hybridized carbons (Fsp3) is 0.519. The number of hydrogen-bond donors (Lipinski definition) is 0. The number of unbranched alkanes of at least 4 members (excludes halogenated alkanes) is 5. The minimum atomic E-state index is -0.506. The summed E-state index contributed by atoms with van der Waals surface area (Å²) in [6.07, 6.45) is 10.9. The van der Waals surface area contributed by atoms with Crippen molar-refractivity contribution in [2.24, 2.45) is 5.92 Å². The first-order valence-electron chi connectivity index (χ1n) is 12.0. The smallest absolute Gasteiger partial charge is 0.314 e. The summed E-state index contributed by atoms with van der Waals surface area (Å²) in [6.45, 7) is 3.02. The summed E-state index contributed by atoms with van der Waals surface area (Å²) in [5.74, 6) is -1.17. The molecule has 32 heavy (non-hydrogen) atoms. The molecule has 174 valence electrons. The Bertz CT molecular complexity index is 842. The van der Waals surface area contributed by atoms with Gasteiger partial charge in [-0.1, -0.05) is 51.2 Å². The Hall–Kier alpha value is -2.27. The molecule has 3 rings (SSSR count). The molecule has 1 fully saturated rings. The molecule has 0 radical (unpaired) electrons. The molecule has 3 nitrogen and oxygen atoms in total. The van der Waals surface area contributed by atoms with Crippen LogP contribution in [0.2, 0.25) is 0 Å². The highest BCUT2D eigenvalue weighted by molar-refractivity contribution is 5.75. The average molecular weight is 445 g/mol. The number of hydrogen-bond acceptors (Lipinski definition) is 3. The minimum absolute atomic E-state index is 0.177. The highest BCUT2D eigenvalue weighted by Crippen LogP contribution is 2.30. The second kappa shape index (κ2) is 12.7. The molecule has 0 unspecified atom stereocenters. The van der Waals surface area contributed by atoms with Gasteiger partial charge in [0, 0.05) is 18.2 Å². The van der Waals surface area contributed by atoms with E-state index in [4.69, 9.17) is 9.47 Å². The molecule has 0 saturated heterocycles. The topological polar surface area (TPSA) is 35.5 Å². The Morgan fingerprint density at radius 2 is 1.59 bits per heavy atom. The van der Waals surface area contributed by atoms with Crippen molar-refractivity contribution in [2.45, 2.75) is 77.2 Å². The van der Waals surface area contributed by atoms with E-state index >= 15 is 0 Å². The largest absolute Gasteiger partial charge is 0.426 e. The lowest BCUT2D eigenvalue weighted by Gasteiger charge is -2.27. The highest BCUT2D eigenvalue weighted by Gasteiger charge is 2.28. The van der Waals surface area contributed by atoms with Gasteiger partial charge in [0.1, 0.15) is 17.4 Å². The Kier molecular flexibility index (Phi) is 9.66. The average Bonchev–Trinajstić information content (AvgIpc) is 2.80. The van der Waals surface area contributed by atoms with Crippen LogP contribution in [-0.2, 0) is 9.53 Å². The van der Waals surface area contributed by atoms with Crippen LogP contribution in [0, 0.1) is 17.6 Å². The van der Waals surface area contributed by atoms with Crippen molar-refractivity contribution >= 4 is 5.97 Å². The van der Waals surface area contributed by atoms with Gasteiger partial charge >= 0.3 is 5.97 Å². The molecule has 0 spiro atoms. The molecular weight excluding hydrogens is 410 g/mol. The van der Waals surface area contributed by atoms with Gasteiger partial charge in [0.2, 0.25) is 0 Å². The molecule has 1 saturated carbocycles. The second-order valence-corrected chi connectivity index (χ2v) is 8.68. The number of rotatable bonds is 11. The minimum Gasteiger partial charge on any atom is -0.426 e. The molecule has 1 aliphatic carbocycles. The summed E-state index contributed by atoms with van der Waals surface area (Å²) in [7, 11) is 0. The first kappa shape index (κ1) is 24.4. The highest BCUT2D eigenvalue weighted by atomic mass is 19.1. The fourth-order valence-corrected chi connectivity index (χ4v) is 4.22. The third kappa shape index (κ3) is 7.40. The lowest BCUT2D eigenvalue weighted by atomic mass is 9.87. The van der Waals surface area contributed by atoms with Gasteiger partial charge in [-0.3, -0.25) is 4.79 Å². The molecule has 0 heterocycles. The van der Waals surface area contributed by atoms with E-state index in [1.54, 1.807) is 12.1 Å². The van der Waals surface area contributed by atoms with Crippen LogP contribution in [-0.4, -0.2) is 18.7 Å². The lowest BCUT2D eigenvalue weighted by molar-refractivity contribution is -0.141. The van der Waals surface area contributed by atoms with Crippen LogP contribution in [0.15, 0.2) is 42.5 Å². The quantitative estimate of drug-likeness (QED) is 0.205. The monoisotopic (exact) mass is 444 g/mol. The summed E-state index contributed by atoms with van der Waals surface area (Å²) in [4.78, 5) is 12.5. The van der Waals surface area contributed by atoms with Crippen LogP contribution in [0.3, 0.4) is 0 Å². The third-order valence-electron chi connectivity index (χ3n) is 6.17. The summed E-state index contributed by atoms with van der Waals surface area (Å²) < 4.78 is 39.0. The van der Waals surface area contributed by atoms with Crippen LogP contribution in [0.4, 0.5) is 8.78 Å². The van der Waals surface area contributed by atoms with Gasteiger partial charge in [-0.15, -0.1) is 0 Å². The van der Waals surface area contributed by atoms with E-state index < -0.39 is 5.82 Å². The van der Waals surface area contributed by atoms with Crippen molar-refractivity contribution in [3.63, 3.8) is 0 Å². The maximum Gasteiger partial charge on any atom is 0.314 e. The van der Waals surface area contributed by atoms with Crippen LogP contribution < -0.4 is 4.74 Å². The first-order chi connectivity index (χ1) is 15.6. The van der Waals surface area contributed by atoms with Gasteiger partial charge in [0.15, 0.2) is 0 Å². The van der Waals surface area contributed by atoms with Gasteiger partial charge in [-0.05, 0) is 61.9 Å². The van der Waals surface area contributed by atoms with E-state index in [0.717, 1.165) is 38.7 Å². The van der Waals surface area contributed by atoms with Crippen molar-refractivity contribution in [3.8, 4) is 16.9 Å². The zero-order valence-corrected chi connectivity index (χ0v) is 19.0. The van der Waals surface area contributed by atoms with Gasteiger partial charge in [0.05, 0.1) is 12.0 Å². The van der Waals surface area contributed by atoms with Crippen LogP contribution in [0.1, 0.15) is 71.1 Å². The Balaban J connectivity index is 1.40. The molecule has 0 N–H and O–H groups in total. The molecule has 2 aromatic rings. The van der Waals surface area contributed by atoms with E-state index in [-0.39, 0.29) is 29.6 Å². The molecule has 1 aliphatic rings. The van der Waals surface area contributed by atoms with E-state index in [1.807, 2.05) is 0 Å². The maximum absolute atomic E-state index is 14.5. The summed E-state index contributed by atoms with van der Waals surface area (Å²) in [6, 6.07) is 9.96. The zero-order chi connectivity index (χ0) is 22.8. The summed E-state index contributed by atoms with van der Waals surface area (Å²) in [5, 5.41) is 0. The van der Waals surface area contributed by atoms with Crippen molar-refractivity contribution in [3.05, 3.63) is 54.1 Å². The normalized spacial score (nSPS) is 18.5. The first-order valence-corrected chi connectivity index (χ1v) is 12.0. The van der Waals surface area contributed by atoms with E-state index in [2.05, 4.69) is 6.92 Å².